The molecular weight excluding hydrogens is 263 g/mol. The third kappa shape index (κ3) is 2.45. The molecule has 12 heavy (non-hydrogen) atoms. The summed E-state index contributed by atoms with van der Waals surface area (Å²) in [6, 6.07) is 8.56. The van der Waals surface area contributed by atoms with Crippen LogP contribution in [0.1, 0.15) is 31.1 Å². The van der Waals surface area contributed by atoms with Crippen LogP contribution in [0, 0.1) is 0 Å². The Kier molecular flexibility index (Phi) is 4.01. The molecule has 0 heterocycles. The molecular formula is C10H13IO. The van der Waals surface area contributed by atoms with Gasteiger partial charge in [0, 0.05) is 0 Å². The van der Waals surface area contributed by atoms with Crippen LogP contribution >= 0.6 is 23.0 Å². The minimum atomic E-state index is 0.191. The highest BCUT2D eigenvalue weighted by Crippen LogP contribution is 2.19. The zero-order chi connectivity index (χ0) is 8.97. The van der Waals surface area contributed by atoms with E-state index in [1.54, 1.807) is 0 Å². The lowest BCUT2D eigenvalue weighted by atomic mass is 10.1. The highest BCUT2D eigenvalue weighted by molar-refractivity contribution is 14.1. The summed E-state index contributed by atoms with van der Waals surface area (Å²) in [6.45, 7) is 4.21. The second-order valence-electron chi connectivity index (χ2n) is 2.83. The van der Waals surface area contributed by atoms with Crippen molar-refractivity contribution in [2.75, 3.05) is 0 Å². The standard InChI is InChI=1S/C10H13IO/c1-3-9-4-6-10(7-5-9)8(2)12-11/h4-8H,3H2,1-2H3. The van der Waals surface area contributed by atoms with Gasteiger partial charge in [0.25, 0.3) is 0 Å². The normalized spacial score (nSPS) is 12.9. The van der Waals surface area contributed by atoms with Crippen molar-refractivity contribution in [1.29, 1.82) is 0 Å². The molecule has 1 nitrogen and oxygen atoms in total. The highest BCUT2D eigenvalue weighted by atomic mass is 127. The Morgan fingerprint density at radius 1 is 1.33 bits per heavy atom. The second-order valence-corrected chi connectivity index (χ2v) is 3.33. The van der Waals surface area contributed by atoms with Crippen LogP contribution in [0.25, 0.3) is 0 Å². The summed E-state index contributed by atoms with van der Waals surface area (Å²) < 4.78 is 5.18. The van der Waals surface area contributed by atoms with E-state index in [-0.39, 0.29) is 6.10 Å². The van der Waals surface area contributed by atoms with E-state index < -0.39 is 0 Å². The Bertz CT molecular complexity index is 230. The van der Waals surface area contributed by atoms with Gasteiger partial charge in [0.2, 0.25) is 0 Å². The van der Waals surface area contributed by atoms with Gasteiger partial charge >= 0.3 is 0 Å². The van der Waals surface area contributed by atoms with Gasteiger partial charge in [0.1, 0.15) is 23.0 Å². The number of benzene rings is 1. The second kappa shape index (κ2) is 4.82. The minimum absolute atomic E-state index is 0.191. The predicted molar refractivity (Wildman–Crippen MR) is 59.3 cm³/mol. The molecule has 0 aliphatic rings. The van der Waals surface area contributed by atoms with E-state index in [0.29, 0.717) is 0 Å². The maximum atomic E-state index is 5.18. The van der Waals surface area contributed by atoms with E-state index >= 15 is 0 Å². The molecule has 1 unspecified atom stereocenters. The summed E-state index contributed by atoms with van der Waals surface area (Å²) in [6.07, 6.45) is 1.29. The predicted octanol–water partition coefficient (Wildman–Crippen LogP) is 3.68. The fourth-order valence-electron chi connectivity index (χ4n) is 1.08. The SMILES string of the molecule is CCc1ccc(C(C)OI)cc1. The van der Waals surface area contributed by atoms with Crippen molar-refractivity contribution in [3.63, 3.8) is 0 Å². The Hall–Kier alpha value is -0.0900. The van der Waals surface area contributed by atoms with Gasteiger partial charge in [0.15, 0.2) is 0 Å². The zero-order valence-corrected chi connectivity index (χ0v) is 9.54. The van der Waals surface area contributed by atoms with E-state index in [4.69, 9.17) is 3.07 Å². The van der Waals surface area contributed by atoms with Gasteiger partial charge in [-0.3, -0.25) is 0 Å². The molecule has 1 aromatic carbocycles. The first kappa shape index (κ1) is 9.99. The molecule has 0 radical (unpaired) electrons. The quantitative estimate of drug-likeness (QED) is 0.765. The number of aryl methyl sites for hydroxylation is 1. The number of hydrogen-bond acceptors (Lipinski definition) is 1. The lowest BCUT2D eigenvalue weighted by molar-refractivity contribution is 0.318. The Morgan fingerprint density at radius 3 is 2.33 bits per heavy atom. The van der Waals surface area contributed by atoms with Crippen molar-refractivity contribution in [2.45, 2.75) is 26.4 Å². The monoisotopic (exact) mass is 276 g/mol. The van der Waals surface area contributed by atoms with Crippen molar-refractivity contribution >= 4 is 23.0 Å². The summed E-state index contributed by atoms with van der Waals surface area (Å²) in [5.74, 6) is 0. The molecule has 0 aliphatic heterocycles. The van der Waals surface area contributed by atoms with Crippen molar-refractivity contribution in [2.24, 2.45) is 0 Å². The lowest BCUT2D eigenvalue weighted by Crippen LogP contribution is -1.92. The van der Waals surface area contributed by atoms with Crippen molar-refractivity contribution in [3.05, 3.63) is 35.4 Å². The average molecular weight is 276 g/mol. The zero-order valence-electron chi connectivity index (χ0n) is 7.38. The summed E-state index contributed by atoms with van der Waals surface area (Å²) in [5, 5.41) is 0. The first-order chi connectivity index (χ1) is 5.77. The molecule has 0 N–H and O–H groups in total. The van der Waals surface area contributed by atoms with E-state index in [2.05, 4.69) is 31.2 Å². The fraction of sp³-hybridized carbons (Fsp3) is 0.400. The smallest absolute Gasteiger partial charge is 0.110 e. The lowest BCUT2D eigenvalue weighted by Gasteiger charge is -2.07. The molecule has 66 valence electrons. The first-order valence-corrected chi connectivity index (χ1v) is 5.02. The number of hydrogen-bond donors (Lipinski definition) is 0. The fourth-order valence-corrected chi connectivity index (χ4v) is 1.37. The molecule has 1 rings (SSSR count). The van der Waals surface area contributed by atoms with Crippen molar-refractivity contribution in [3.8, 4) is 0 Å². The topological polar surface area (TPSA) is 9.23 Å². The summed E-state index contributed by atoms with van der Waals surface area (Å²) >= 11 is 1.93. The van der Waals surface area contributed by atoms with Crippen molar-refractivity contribution in [1.82, 2.24) is 0 Å². The summed E-state index contributed by atoms with van der Waals surface area (Å²) in [4.78, 5) is 0. The average Bonchev–Trinajstić information content (AvgIpc) is 2.17. The van der Waals surface area contributed by atoms with E-state index in [1.165, 1.54) is 11.1 Å². The minimum Gasteiger partial charge on any atom is -0.308 e. The number of halogens is 1. The van der Waals surface area contributed by atoms with E-state index in [0.717, 1.165) is 6.42 Å². The van der Waals surface area contributed by atoms with Gasteiger partial charge < -0.3 is 3.07 Å². The molecule has 0 aliphatic carbocycles. The van der Waals surface area contributed by atoms with E-state index in [9.17, 15) is 0 Å². The molecule has 0 aromatic heterocycles. The largest absolute Gasteiger partial charge is 0.308 e. The van der Waals surface area contributed by atoms with Gasteiger partial charge in [-0.1, -0.05) is 31.2 Å². The number of rotatable bonds is 3. The third-order valence-electron chi connectivity index (χ3n) is 1.99. The van der Waals surface area contributed by atoms with Crippen LogP contribution in [0.2, 0.25) is 0 Å². The highest BCUT2D eigenvalue weighted by Gasteiger charge is 2.02. The summed E-state index contributed by atoms with van der Waals surface area (Å²) in [7, 11) is 0. The van der Waals surface area contributed by atoms with Crippen LogP contribution in [0.15, 0.2) is 24.3 Å². The molecule has 1 atom stereocenters. The maximum Gasteiger partial charge on any atom is 0.110 e. The van der Waals surface area contributed by atoms with Crippen LogP contribution in [-0.2, 0) is 9.49 Å². The Balaban J connectivity index is 2.77. The van der Waals surface area contributed by atoms with Gasteiger partial charge in [-0.05, 0) is 24.5 Å². The molecule has 1 aromatic rings. The molecule has 0 fully saturated rings. The Labute approximate surface area is 87.8 Å². The van der Waals surface area contributed by atoms with E-state index in [1.807, 2.05) is 29.9 Å². The Morgan fingerprint density at radius 2 is 1.92 bits per heavy atom. The summed E-state index contributed by atoms with van der Waals surface area (Å²) in [5.41, 5.74) is 2.61. The van der Waals surface area contributed by atoms with Crippen molar-refractivity contribution < 1.29 is 3.07 Å². The first-order valence-electron chi connectivity index (χ1n) is 4.14. The molecule has 0 amide bonds. The van der Waals surface area contributed by atoms with Crippen LogP contribution in [-0.4, -0.2) is 0 Å². The van der Waals surface area contributed by atoms with Gasteiger partial charge in [-0.15, -0.1) is 0 Å². The van der Waals surface area contributed by atoms with Gasteiger partial charge in [0.05, 0.1) is 6.10 Å². The van der Waals surface area contributed by atoms with Crippen LogP contribution in [0.5, 0.6) is 0 Å². The molecule has 2 heteroatoms. The van der Waals surface area contributed by atoms with Gasteiger partial charge in [-0.2, -0.15) is 0 Å². The molecule has 0 saturated carbocycles. The molecule has 0 spiro atoms. The van der Waals surface area contributed by atoms with Crippen LogP contribution < -0.4 is 0 Å². The van der Waals surface area contributed by atoms with Gasteiger partial charge in [-0.25, -0.2) is 0 Å². The van der Waals surface area contributed by atoms with Crippen LogP contribution in [0.3, 0.4) is 0 Å². The molecule has 0 bridgehead atoms. The third-order valence-corrected chi connectivity index (χ3v) is 2.75. The maximum absolute atomic E-state index is 5.18. The van der Waals surface area contributed by atoms with Crippen LogP contribution in [0.4, 0.5) is 0 Å². The molecule has 0 saturated heterocycles.